The van der Waals surface area contributed by atoms with Crippen molar-refractivity contribution in [2.24, 2.45) is 0 Å². The molecule has 4 nitrogen and oxygen atoms in total. The number of nitrogens with zero attached hydrogens (tertiary/aromatic N) is 2. The number of aryl methyl sites for hydroxylation is 1. The van der Waals surface area contributed by atoms with Gasteiger partial charge in [0, 0.05) is 31.5 Å². The minimum Gasteiger partial charge on any atom is -0.399 e. The first-order valence-electron chi connectivity index (χ1n) is 5.42. The van der Waals surface area contributed by atoms with Crippen molar-refractivity contribution in [3.05, 3.63) is 23.8 Å². The highest BCUT2D eigenvalue weighted by Crippen LogP contribution is 2.21. The van der Waals surface area contributed by atoms with Crippen LogP contribution in [0.3, 0.4) is 0 Å². The summed E-state index contributed by atoms with van der Waals surface area (Å²) in [4.78, 5) is 15.4. The van der Waals surface area contributed by atoms with E-state index in [0.717, 1.165) is 30.0 Å². The normalized spacial score (nSPS) is 16.8. The number of benzene rings is 1. The Morgan fingerprint density at radius 3 is 2.62 bits per heavy atom. The van der Waals surface area contributed by atoms with Crippen molar-refractivity contribution in [1.29, 1.82) is 0 Å². The molecule has 1 saturated heterocycles. The molecule has 1 aromatic rings. The Hall–Kier alpha value is -1.71. The largest absolute Gasteiger partial charge is 0.399 e. The lowest BCUT2D eigenvalue weighted by Gasteiger charge is -2.33. The molecule has 2 rings (SSSR count). The van der Waals surface area contributed by atoms with E-state index in [4.69, 9.17) is 5.73 Å². The Balaban J connectivity index is 2.21. The summed E-state index contributed by atoms with van der Waals surface area (Å²) in [6, 6.07) is 5.92. The monoisotopic (exact) mass is 219 g/mol. The summed E-state index contributed by atoms with van der Waals surface area (Å²) in [5.74, 6) is 0.159. The highest BCUT2D eigenvalue weighted by molar-refractivity contribution is 5.82. The van der Waals surface area contributed by atoms with Gasteiger partial charge in [-0.1, -0.05) is 0 Å². The number of carbonyl (C=O) groups is 1. The van der Waals surface area contributed by atoms with Crippen molar-refractivity contribution < 1.29 is 4.79 Å². The minimum atomic E-state index is 0.159. The molecule has 0 bridgehead atoms. The van der Waals surface area contributed by atoms with Gasteiger partial charge >= 0.3 is 0 Å². The molecule has 1 heterocycles. The van der Waals surface area contributed by atoms with Gasteiger partial charge in [-0.2, -0.15) is 0 Å². The third-order valence-electron chi connectivity index (χ3n) is 2.91. The number of carbonyl (C=O) groups excluding carboxylic acids is 1. The molecule has 0 aromatic heterocycles. The lowest BCUT2D eigenvalue weighted by molar-refractivity contribution is -0.129. The first-order chi connectivity index (χ1) is 7.56. The molecule has 4 heteroatoms. The van der Waals surface area contributed by atoms with Crippen LogP contribution in [0.5, 0.6) is 0 Å². The summed E-state index contributed by atoms with van der Waals surface area (Å²) >= 11 is 0. The number of hydrogen-bond donors (Lipinski definition) is 1. The Morgan fingerprint density at radius 1 is 1.25 bits per heavy atom. The summed E-state index contributed by atoms with van der Waals surface area (Å²) < 4.78 is 0. The Bertz CT molecular complexity index is 396. The number of rotatable bonds is 1. The zero-order chi connectivity index (χ0) is 11.7. The maximum absolute atomic E-state index is 11.6. The summed E-state index contributed by atoms with van der Waals surface area (Å²) in [7, 11) is 1.84. The van der Waals surface area contributed by atoms with Crippen molar-refractivity contribution in [2.75, 3.05) is 37.3 Å². The van der Waals surface area contributed by atoms with Crippen molar-refractivity contribution in [3.8, 4) is 0 Å². The summed E-state index contributed by atoms with van der Waals surface area (Å²) in [6.07, 6.45) is 0. The van der Waals surface area contributed by atoms with Gasteiger partial charge in [0.15, 0.2) is 0 Å². The van der Waals surface area contributed by atoms with Gasteiger partial charge in [0.2, 0.25) is 5.91 Å². The number of piperazine rings is 1. The lowest BCUT2D eigenvalue weighted by Crippen LogP contribution is -2.48. The Morgan fingerprint density at radius 2 is 2.00 bits per heavy atom. The smallest absolute Gasteiger partial charge is 0.241 e. The van der Waals surface area contributed by atoms with Gasteiger partial charge in [0.1, 0.15) is 0 Å². The number of amides is 1. The van der Waals surface area contributed by atoms with Gasteiger partial charge in [-0.15, -0.1) is 0 Å². The van der Waals surface area contributed by atoms with Gasteiger partial charge in [-0.25, -0.2) is 0 Å². The summed E-state index contributed by atoms with van der Waals surface area (Å²) in [5.41, 5.74) is 8.72. The Labute approximate surface area is 95.6 Å². The molecule has 0 atom stereocenters. The molecule has 1 aliphatic rings. The van der Waals surface area contributed by atoms with Crippen LogP contribution in [0, 0.1) is 6.92 Å². The van der Waals surface area contributed by atoms with E-state index in [9.17, 15) is 4.79 Å². The topological polar surface area (TPSA) is 49.6 Å². The molecular formula is C12H17N3O. The van der Waals surface area contributed by atoms with Crippen molar-refractivity contribution in [2.45, 2.75) is 6.92 Å². The van der Waals surface area contributed by atoms with Crippen LogP contribution in [0.2, 0.25) is 0 Å². The Kier molecular flexibility index (Phi) is 2.73. The average Bonchev–Trinajstić information content (AvgIpc) is 2.20. The number of likely N-dealkylation sites (N-methyl/N-ethyl adjacent to an activating group) is 1. The molecule has 0 radical (unpaired) electrons. The maximum atomic E-state index is 11.6. The van der Waals surface area contributed by atoms with Crippen LogP contribution >= 0.6 is 0 Å². The van der Waals surface area contributed by atoms with Crippen molar-refractivity contribution in [3.63, 3.8) is 0 Å². The lowest BCUT2D eigenvalue weighted by atomic mass is 10.1. The van der Waals surface area contributed by atoms with Crippen LogP contribution in [-0.2, 0) is 4.79 Å². The van der Waals surface area contributed by atoms with Gasteiger partial charge in [0.25, 0.3) is 0 Å². The van der Waals surface area contributed by atoms with E-state index < -0.39 is 0 Å². The van der Waals surface area contributed by atoms with Crippen LogP contribution in [0.4, 0.5) is 11.4 Å². The van der Waals surface area contributed by atoms with E-state index >= 15 is 0 Å². The van der Waals surface area contributed by atoms with Crippen LogP contribution in [0.1, 0.15) is 5.56 Å². The quantitative estimate of drug-likeness (QED) is 0.713. The fourth-order valence-electron chi connectivity index (χ4n) is 1.95. The zero-order valence-electron chi connectivity index (χ0n) is 9.73. The second-order valence-corrected chi connectivity index (χ2v) is 4.34. The second kappa shape index (κ2) is 4.04. The summed E-state index contributed by atoms with van der Waals surface area (Å²) in [5, 5.41) is 0. The number of nitrogen functional groups attached to an aromatic ring is 1. The van der Waals surface area contributed by atoms with E-state index in [0.29, 0.717) is 6.54 Å². The minimum absolute atomic E-state index is 0.159. The van der Waals surface area contributed by atoms with Crippen LogP contribution in [-0.4, -0.2) is 37.5 Å². The van der Waals surface area contributed by atoms with Crippen LogP contribution < -0.4 is 10.6 Å². The third-order valence-corrected chi connectivity index (χ3v) is 2.91. The van der Waals surface area contributed by atoms with Gasteiger partial charge in [0.05, 0.1) is 6.54 Å². The van der Waals surface area contributed by atoms with Gasteiger partial charge in [-0.3, -0.25) is 4.79 Å². The SMILES string of the molecule is Cc1cc(N)cc(N2CCN(C)C(=O)C2)c1. The number of anilines is 2. The predicted molar refractivity (Wildman–Crippen MR) is 65.4 cm³/mol. The molecule has 0 unspecified atom stereocenters. The first-order valence-corrected chi connectivity index (χ1v) is 5.42. The van der Waals surface area contributed by atoms with Gasteiger partial charge < -0.3 is 15.5 Å². The fraction of sp³-hybridized carbons (Fsp3) is 0.417. The van der Waals surface area contributed by atoms with E-state index in [1.807, 2.05) is 26.1 Å². The standard InChI is InChI=1S/C12H17N3O/c1-9-5-10(13)7-11(6-9)15-4-3-14(2)12(16)8-15/h5-7H,3-4,8,13H2,1-2H3. The predicted octanol–water partition coefficient (Wildman–Crippen LogP) is 0.856. The number of nitrogens with two attached hydrogens (primary N) is 1. The molecule has 1 aromatic carbocycles. The highest BCUT2D eigenvalue weighted by atomic mass is 16.2. The number of hydrogen-bond acceptors (Lipinski definition) is 3. The maximum Gasteiger partial charge on any atom is 0.241 e. The third kappa shape index (κ3) is 2.10. The zero-order valence-corrected chi connectivity index (χ0v) is 9.73. The molecule has 0 spiro atoms. The van der Waals surface area contributed by atoms with Crippen molar-refractivity contribution >= 4 is 17.3 Å². The molecule has 0 saturated carbocycles. The van der Waals surface area contributed by atoms with E-state index in [1.54, 1.807) is 4.90 Å². The molecule has 0 aliphatic carbocycles. The van der Waals surface area contributed by atoms with Gasteiger partial charge in [-0.05, 0) is 30.7 Å². The molecular weight excluding hydrogens is 202 g/mol. The second-order valence-electron chi connectivity index (χ2n) is 4.34. The molecule has 2 N–H and O–H groups in total. The summed E-state index contributed by atoms with van der Waals surface area (Å²) in [6.45, 7) is 4.09. The molecule has 16 heavy (non-hydrogen) atoms. The fourth-order valence-corrected chi connectivity index (χ4v) is 1.95. The first kappa shape index (κ1) is 10.8. The average molecular weight is 219 g/mol. The van der Waals surface area contributed by atoms with Crippen LogP contribution in [0.15, 0.2) is 18.2 Å². The molecule has 1 fully saturated rings. The van der Waals surface area contributed by atoms with Crippen molar-refractivity contribution in [1.82, 2.24) is 4.90 Å². The van der Waals surface area contributed by atoms with E-state index in [1.165, 1.54) is 0 Å². The molecule has 1 aliphatic heterocycles. The highest BCUT2D eigenvalue weighted by Gasteiger charge is 2.21. The molecule has 86 valence electrons. The van der Waals surface area contributed by atoms with E-state index in [-0.39, 0.29) is 5.91 Å². The van der Waals surface area contributed by atoms with E-state index in [2.05, 4.69) is 11.0 Å². The van der Waals surface area contributed by atoms with Crippen LogP contribution in [0.25, 0.3) is 0 Å². The molecule has 1 amide bonds.